The summed E-state index contributed by atoms with van der Waals surface area (Å²) in [6, 6.07) is 1.86. The number of hydrogen-bond acceptors (Lipinski definition) is 6. The Kier molecular flexibility index (Phi) is 4.65. The highest BCUT2D eigenvalue weighted by Crippen LogP contribution is 2.35. The lowest BCUT2D eigenvalue weighted by Gasteiger charge is -2.13. The van der Waals surface area contributed by atoms with E-state index in [0.29, 0.717) is 24.0 Å². The number of thiophene rings is 1. The molecule has 0 bridgehead atoms. The van der Waals surface area contributed by atoms with Crippen molar-refractivity contribution in [3.8, 4) is 0 Å². The van der Waals surface area contributed by atoms with E-state index in [1.165, 1.54) is 11.3 Å². The monoisotopic (exact) mass is 334 g/mol. The Balaban J connectivity index is 1.43. The molecule has 0 aromatic carbocycles. The number of hydrogen-bond donors (Lipinski definition) is 2. The Morgan fingerprint density at radius 2 is 2.30 bits per heavy atom. The number of nitrogens with zero attached hydrogens (tertiary/aromatic N) is 4. The molecule has 0 unspecified atom stereocenters. The molecular formula is C14H18N6O2S. The summed E-state index contributed by atoms with van der Waals surface area (Å²) < 4.78 is 1.78. The predicted molar refractivity (Wildman–Crippen MR) is 83.9 cm³/mol. The van der Waals surface area contributed by atoms with Crippen molar-refractivity contribution < 1.29 is 9.59 Å². The molecule has 2 amide bonds. The summed E-state index contributed by atoms with van der Waals surface area (Å²) in [5.41, 5.74) is 0.618. The number of nitrogens with one attached hydrogen (secondary N) is 2. The van der Waals surface area contributed by atoms with Crippen LogP contribution in [0, 0.1) is 0 Å². The van der Waals surface area contributed by atoms with Crippen molar-refractivity contribution in [1.29, 1.82) is 0 Å². The summed E-state index contributed by atoms with van der Waals surface area (Å²) in [6.07, 6.45) is 2.37. The normalized spacial score (nSPS) is 15.2. The van der Waals surface area contributed by atoms with Gasteiger partial charge in [-0.1, -0.05) is 0 Å². The smallest absolute Gasteiger partial charge is 0.252 e. The van der Waals surface area contributed by atoms with E-state index in [-0.39, 0.29) is 24.3 Å². The Hall–Kier alpha value is -2.29. The van der Waals surface area contributed by atoms with Crippen LogP contribution >= 0.6 is 11.3 Å². The van der Waals surface area contributed by atoms with Crippen LogP contribution in [0.4, 0.5) is 0 Å². The molecule has 0 radical (unpaired) electrons. The fourth-order valence-corrected chi connectivity index (χ4v) is 2.86. The molecule has 3 rings (SSSR count). The van der Waals surface area contributed by atoms with Crippen molar-refractivity contribution in [3.05, 3.63) is 28.2 Å². The Bertz CT molecular complexity index is 679. The first kappa shape index (κ1) is 15.6. The first-order valence-electron chi connectivity index (χ1n) is 7.52. The molecule has 1 atom stereocenters. The topological polar surface area (TPSA) is 102 Å². The summed E-state index contributed by atoms with van der Waals surface area (Å²) in [4.78, 5) is 23.7. The van der Waals surface area contributed by atoms with Crippen molar-refractivity contribution in [1.82, 2.24) is 30.8 Å². The lowest BCUT2D eigenvalue weighted by Crippen LogP contribution is -2.33. The molecule has 8 nitrogen and oxygen atoms in total. The number of rotatable bonds is 7. The highest BCUT2D eigenvalue weighted by molar-refractivity contribution is 7.08. The molecule has 1 fully saturated rings. The van der Waals surface area contributed by atoms with Gasteiger partial charge in [0, 0.05) is 23.9 Å². The van der Waals surface area contributed by atoms with Gasteiger partial charge in [-0.15, -0.1) is 5.10 Å². The largest absolute Gasteiger partial charge is 0.351 e. The van der Waals surface area contributed by atoms with E-state index < -0.39 is 0 Å². The summed E-state index contributed by atoms with van der Waals surface area (Å²) >= 11 is 1.46. The van der Waals surface area contributed by atoms with Crippen LogP contribution in [0.3, 0.4) is 0 Å². The van der Waals surface area contributed by atoms with Crippen molar-refractivity contribution in [3.63, 3.8) is 0 Å². The minimum absolute atomic E-state index is 0.145. The average Bonchev–Trinajstić information content (AvgIpc) is 3.05. The van der Waals surface area contributed by atoms with Gasteiger partial charge in [-0.3, -0.25) is 9.59 Å². The third-order valence-electron chi connectivity index (χ3n) is 3.60. The Labute approximate surface area is 137 Å². The first-order valence-corrected chi connectivity index (χ1v) is 8.47. The summed E-state index contributed by atoms with van der Waals surface area (Å²) in [7, 11) is 0. The summed E-state index contributed by atoms with van der Waals surface area (Å²) in [5.74, 6) is 0.362. The van der Waals surface area contributed by atoms with Crippen LogP contribution in [0.5, 0.6) is 0 Å². The van der Waals surface area contributed by atoms with Crippen LogP contribution in [0.1, 0.15) is 54.5 Å². The number of carbonyl (C=O) groups excluding carboxylic acids is 2. The van der Waals surface area contributed by atoms with Gasteiger partial charge >= 0.3 is 0 Å². The molecule has 9 heteroatoms. The van der Waals surface area contributed by atoms with Gasteiger partial charge in [-0.2, -0.15) is 11.3 Å². The van der Waals surface area contributed by atoms with Gasteiger partial charge in [0.1, 0.15) is 0 Å². The van der Waals surface area contributed by atoms with Crippen molar-refractivity contribution in [2.45, 2.75) is 38.3 Å². The molecule has 1 aliphatic rings. The molecule has 23 heavy (non-hydrogen) atoms. The number of aromatic nitrogens is 4. The third-order valence-corrected chi connectivity index (χ3v) is 4.28. The van der Waals surface area contributed by atoms with E-state index in [0.717, 1.165) is 12.8 Å². The molecule has 0 aliphatic heterocycles. The van der Waals surface area contributed by atoms with E-state index in [9.17, 15) is 9.59 Å². The number of amides is 2. The van der Waals surface area contributed by atoms with Crippen LogP contribution in [0.15, 0.2) is 16.8 Å². The molecule has 2 aromatic rings. The van der Waals surface area contributed by atoms with Gasteiger partial charge in [-0.05, 0) is 41.6 Å². The van der Waals surface area contributed by atoms with Gasteiger partial charge < -0.3 is 10.6 Å². The standard InChI is InChI=1S/C14H18N6O2S/c1-9(13-17-18-19-20(13)11-2-3-11)16-12(21)4-6-15-14(22)10-5-7-23-8-10/h5,7-9,11H,2-4,6H2,1H3,(H,15,22)(H,16,21)/t9-/m1/s1. The Morgan fingerprint density at radius 3 is 3.00 bits per heavy atom. The number of tetrazole rings is 1. The Morgan fingerprint density at radius 1 is 1.48 bits per heavy atom. The molecular weight excluding hydrogens is 316 g/mol. The second-order valence-electron chi connectivity index (χ2n) is 5.52. The zero-order chi connectivity index (χ0) is 16.2. The third kappa shape index (κ3) is 3.92. The molecule has 2 heterocycles. The maximum Gasteiger partial charge on any atom is 0.252 e. The molecule has 2 N–H and O–H groups in total. The van der Waals surface area contributed by atoms with E-state index in [1.54, 1.807) is 16.1 Å². The molecule has 0 spiro atoms. The molecule has 122 valence electrons. The number of carbonyl (C=O) groups is 2. The molecule has 1 aliphatic carbocycles. The zero-order valence-electron chi connectivity index (χ0n) is 12.7. The van der Waals surface area contributed by atoms with E-state index in [2.05, 4.69) is 26.2 Å². The average molecular weight is 334 g/mol. The van der Waals surface area contributed by atoms with Crippen LogP contribution < -0.4 is 10.6 Å². The minimum Gasteiger partial charge on any atom is -0.351 e. The second-order valence-corrected chi connectivity index (χ2v) is 6.30. The summed E-state index contributed by atoms with van der Waals surface area (Å²) in [6.45, 7) is 2.15. The highest BCUT2D eigenvalue weighted by Gasteiger charge is 2.29. The fourth-order valence-electron chi connectivity index (χ4n) is 2.23. The van der Waals surface area contributed by atoms with E-state index in [4.69, 9.17) is 0 Å². The SMILES string of the molecule is C[C@@H](NC(=O)CCNC(=O)c1ccsc1)c1nnnn1C1CC1. The highest BCUT2D eigenvalue weighted by atomic mass is 32.1. The van der Waals surface area contributed by atoms with Crippen LogP contribution in [-0.2, 0) is 4.79 Å². The van der Waals surface area contributed by atoms with Crippen LogP contribution in [-0.4, -0.2) is 38.6 Å². The molecule has 1 saturated carbocycles. The van der Waals surface area contributed by atoms with Crippen molar-refractivity contribution in [2.24, 2.45) is 0 Å². The van der Waals surface area contributed by atoms with Gasteiger partial charge in [0.15, 0.2) is 5.82 Å². The van der Waals surface area contributed by atoms with Gasteiger partial charge in [0.25, 0.3) is 5.91 Å². The van der Waals surface area contributed by atoms with Gasteiger partial charge in [0.2, 0.25) is 5.91 Å². The second kappa shape index (κ2) is 6.86. The van der Waals surface area contributed by atoms with Crippen LogP contribution in [0.25, 0.3) is 0 Å². The molecule has 2 aromatic heterocycles. The van der Waals surface area contributed by atoms with Crippen LogP contribution in [0.2, 0.25) is 0 Å². The van der Waals surface area contributed by atoms with Gasteiger partial charge in [-0.25, -0.2) is 4.68 Å². The maximum atomic E-state index is 12.0. The lowest BCUT2D eigenvalue weighted by atomic mass is 10.2. The fraction of sp³-hybridized carbons (Fsp3) is 0.500. The van der Waals surface area contributed by atoms with Crippen molar-refractivity contribution >= 4 is 23.2 Å². The van der Waals surface area contributed by atoms with Crippen molar-refractivity contribution in [2.75, 3.05) is 6.54 Å². The first-order chi connectivity index (χ1) is 11.1. The minimum atomic E-state index is -0.259. The van der Waals surface area contributed by atoms with E-state index in [1.807, 2.05) is 12.3 Å². The molecule has 0 saturated heterocycles. The predicted octanol–water partition coefficient (Wildman–Crippen LogP) is 1.07. The lowest BCUT2D eigenvalue weighted by molar-refractivity contribution is -0.121. The summed E-state index contributed by atoms with van der Waals surface area (Å²) in [5, 5.41) is 20.8. The quantitative estimate of drug-likeness (QED) is 0.788. The maximum absolute atomic E-state index is 12.0. The van der Waals surface area contributed by atoms with Gasteiger partial charge in [0.05, 0.1) is 12.1 Å². The zero-order valence-corrected chi connectivity index (χ0v) is 13.5. The van der Waals surface area contributed by atoms with E-state index >= 15 is 0 Å².